The van der Waals surface area contributed by atoms with Gasteiger partial charge in [-0.25, -0.2) is 9.78 Å². The maximum atomic E-state index is 12.2. The molecule has 2 aliphatic rings. The predicted octanol–water partition coefficient (Wildman–Crippen LogP) is 4.09. The molecule has 2 fully saturated rings. The summed E-state index contributed by atoms with van der Waals surface area (Å²) in [7, 11) is 0. The van der Waals surface area contributed by atoms with Gasteiger partial charge in [-0.15, -0.1) is 0 Å². The molecule has 0 unspecified atom stereocenters. The standard InChI is InChI=1S/C23H24ClN3O3/c24-18-6-9-21(25-16-18)26-14-11-20(12-15-26)30-23(29)10-5-17-3-7-19(8-4-17)27-13-1-2-22(27)28/h3-10,16,20H,1-2,11-15H2. The van der Waals surface area contributed by atoms with Crippen molar-refractivity contribution in [3.63, 3.8) is 0 Å². The van der Waals surface area contributed by atoms with Crippen molar-refractivity contribution in [2.45, 2.75) is 31.8 Å². The number of ether oxygens (including phenoxy) is 1. The van der Waals surface area contributed by atoms with E-state index in [4.69, 9.17) is 16.3 Å². The van der Waals surface area contributed by atoms with Crippen molar-refractivity contribution in [3.05, 3.63) is 59.3 Å². The van der Waals surface area contributed by atoms with E-state index in [0.717, 1.165) is 56.0 Å². The smallest absolute Gasteiger partial charge is 0.331 e. The number of hydrogen-bond donors (Lipinski definition) is 0. The van der Waals surface area contributed by atoms with Crippen LogP contribution in [0.2, 0.25) is 5.02 Å². The molecule has 0 radical (unpaired) electrons. The molecule has 7 heteroatoms. The summed E-state index contributed by atoms with van der Waals surface area (Å²) in [6.07, 6.45) is 7.81. The number of halogens is 1. The third kappa shape index (κ3) is 5.00. The van der Waals surface area contributed by atoms with Crippen LogP contribution in [-0.2, 0) is 14.3 Å². The summed E-state index contributed by atoms with van der Waals surface area (Å²) >= 11 is 5.89. The van der Waals surface area contributed by atoms with E-state index in [-0.39, 0.29) is 18.0 Å². The van der Waals surface area contributed by atoms with Crippen LogP contribution in [0.4, 0.5) is 11.5 Å². The molecule has 2 saturated heterocycles. The molecular weight excluding hydrogens is 402 g/mol. The van der Waals surface area contributed by atoms with Crippen LogP contribution >= 0.6 is 11.6 Å². The third-order valence-electron chi connectivity index (χ3n) is 5.45. The molecule has 2 aromatic rings. The molecule has 1 amide bonds. The van der Waals surface area contributed by atoms with Crippen LogP contribution in [0.1, 0.15) is 31.2 Å². The van der Waals surface area contributed by atoms with Crippen LogP contribution in [0.25, 0.3) is 6.08 Å². The zero-order valence-corrected chi connectivity index (χ0v) is 17.4. The van der Waals surface area contributed by atoms with Gasteiger partial charge in [-0.1, -0.05) is 23.7 Å². The Kier molecular flexibility index (Phi) is 6.33. The van der Waals surface area contributed by atoms with E-state index in [9.17, 15) is 9.59 Å². The minimum absolute atomic E-state index is 0.0887. The molecule has 156 valence electrons. The lowest BCUT2D eigenvalue weighted by atomic mass is 10.1. The Labute approximate surface area is 181 Å². The number of piperidine rings is 1. The summed E-state index contributed by atoms with van der Waals surface area (Å²) in [5, 5.41) is 0.619. The Hall–Kier alpha value is -2.86. The van der Waals surface area contributed by atoms with E-state index in [1.807, 2.05) is 36.4 Å². The molecule has 0 atom stereocenters. The second-order valence-electron chi connectivity index (χ2n) is 7.53. The first kappa shape index (κ1) is 20.4. The number of aromatic nitrogens is 1. The van der Waals surface area contributed by atoms with Crippen molar-refractivity contribution in [2.24, 2.45) is 0 Å². The number of anilines is 2. The lowest BCUT2D eigenvalue weighted by Crippen LogP contribution is -2.38. The Morgan fingerprint density at radius 2 is 1.87 bits per heavy atom. The fourth-order valence-electron chi connectivity index (χ4n) is 3.81. The Balaban J connectivity index is 1.25. The maximum Gasteiger partial charge on any atom is 0.331 e. The maximum absolute atomic E-state index is 12.2. The fourth-order valence-corrected chi connectivity index (χ4v) is 3.92. The van der Waals surface area contributed by atoms with Crippen molar-refractivity contribution < 1.29 is 14.3 Å². The Morgan fingerprint density at radius 3 is 2.50 bits per heavy atom. The molecule has 0 N–H and O–H groups in total. The van der Waals surface area contributed by atoms with Crippen LogP contribution in [0, 0.1) is 0 Å². The molecule has 3 heterocycles. The van der Waals surface area contributed by atoms with E-state index in [1.54, 1.807) is 17.2 Å². The van der Waals surface area contributed by atoms with Crippen LogP contribution < -0.4 is 9.80 Å². The van der Waals surface area contributed by atoms with Crippen molar-refractivity contribution in [2.75, 3.05) is 29.4 Å². The summed E-state index contributed by atoms with van der Waals surface area (Å²) in [5.41, 5.74) is 1.80. The van der Waals surface area contributed by atoms with Gasteiger partial charge < -0.3 is 14.5 Å². The van der Waals surface area contributed by atoms with E-state index in [1.165, 1.54) is 6.08 Å². The lowest BCUT2D eigenvalue weighted by molar-refractivity contribution is -0.143. The number of pyridine rings is 1. The fraction of sp³-hybridized carbons (Fsp3) is 0.348. The summed E-state index contributed by atoms with van der Waals surface area (Å²) in [6, 6.07) is 11.4. The number of carbonyl (C=O) groups is 2. The van der Waals surface area contributed by atoms with Crippen molar-refractivity contribution in [1.82, 2.24) is 4.98 Å². The van der Waals surface area contributed by atoms with Gasteiger partial charge in [0, 0.05) is 56.9 Å². The molecule has 0 aliphatic carbocycles. The van der Waals surface area contributed by atoms with Gasteiger partial charge >= 0.3 is 5.97 Å². The zero-order chi connectivity index (χ0) is 20.9. The van der Waals surface area contributed by atoms with E-state index >= 15 is 0 Å². The van der Waals surface area contributed by atoms with Gasteiger partial charge in [0.05, 0.1) is 5.02 Å². The van der Waals surface area contributed by atoms with Crippen molar-refractivity contribution >= 4 is 41.1 Å². The minimum Gasteiger partial charge on any atom is -0.459 e. The normalized spacial score (nSPS) is 17.7. The second kappa shape index (κ2) is 9.30. The largest absolute Gasteiger partial charge is 0.459 e. The van der Waals surface area contributed by atoms with E-state index in [2.05, 4.69) is 9.88 Å². The van der Waals surface area contributed by atoms with Gasteiger partial charge in [0.25, 0.3) is 0 Å². The first-order valence-corrected chi connectivity index (χ1v) is 10.6. The van der Waals surface area contributed by atoms with Gasteiger partial charge in [-0.05, 0) is 42.3 Å². The molecule has 6 nitrogen and oxygen atoms in total. The monoisotopic (exact) mass is 425 g/mol. The van der Waals surface area contributed by atoms with E-state index < -0.39 is 0 Å². The van der Waals surface area contributed by atoms with Gasteiger partial charge in [0.2, 0.25) is 5.91 Å². The number of rotatable bonds is 5. The summed E-state index contributed by atoms with van der Waals surface area (Å²) in [5.74, 6) is 0.722. The minimum atomic E-state index is -0.336. The van der Waals surface area contributed by atoms with Crippen LogP contribution in [-0.4, -0.2) is 42.6 Å². The highest BCUT2D eigenvalue weighted by Gasteiger charge is 2.23. The Bertz CT molecular complexity index is 920. The molecule has 2 aliphatic heterocycles. The first-order chi connectivity index (χ1) is 14.6. The molecule has 1 aromatic heterocycles. The van der Waals surface area contributed by atoms with Crippen LogP contribution in [0.5, 0.6) is 0 Å². The van der Waals surface area contributed by atoms with Crippen LogP contribution in [0.3, 0.4) is 0 Å². The molecule has 0 bridgehead atoms. The summed E-state index contributed by atoms with van der Waals surface area (Å²) in [4.78, 5) is 32.3. The lowest BCUT2D eigenvalue weighted by Gasteiger charge is -2.32. The second-order valence-corrected chi connectivity index (χ2v) is 7.97. The Morgan fingerprint density at radius 1 is 1.10 bits per heavy atom. The highest BCUT2D eigenvalue weighted by atomic mass is 35.5. The van der Waals surface area contributed by atoms with Gasteiger partial charge in [-0.3, -0.25) is 4.79 Å². The molecule has 0 saturated carbocycles. The number of nitrogens with zero attached hydrogens (tertiary/aromatic N) is 3. The number of esters is 1. The topological polar surface area (TPSA) is 62.7 Å². The predicted molar refractivity (Wildman–Crippen MR) is 118 cm³/mol. The molecule has 0 spiro atoms. The quantitative estimate of drug-likeness (QED) is 0.533. The van der Waals surface area contributed by atoms with E-state index in [0.29, 0.717) is 11.4 Å². The number of hydrogen-bond acceptors (Lipinski definition) is 5. The molecule has 30 heavy (non-hydrogen) atoms. The average Bonchev–Trinajstić information content (AvgIpc) is 3.20. The number of benzene rings is 1. The first-order valence-electron chi connectivity index (χ1n) is 10.2. The van der Waals surface area contributed by atoms with Crippen LogP contribution in [0.15, 0.2) is 48.7 Å². The van der Waals surface area contributed by atoms with Gasteiger partial charge in [0.15, 0.2) is 0 Å². The summed E-state index contributed by atoms with van der Waals surface area (Å²) < 4.78 is 5.59. The van der Waals surface area contributed by atoms with Gasteiger partial charge in [-0.2, -0.15) is 0 Å². The highest BCUT2D eigenvalue weighted by molar-refractivity contribution is 6.30. The molecular formula is C23H24ClN3O3. The zero-order valence-electron chi connectivity index (χ0n) is 16.7. The van der Waals surface area contributed by atoms with Crippen molar-refractivity contribution in [3.8, 4) is 0 Å². The number of amides is 1. The third-order valence-corrected chi connectivity index (χ3v) is 5.67. The average molecular weight is 426 g/mol. The van der Waals surface area contributed by atoms with Gasteiger partial charge in [0.1, 0.15) is 11.9 Å². The molecule has 4 rings (SSSR count). The molecule has 1 aromatic carbocycles. The summed E-state index contributed by atoms with van der Waals surface area (Å²) in [6.45, 7) is 2.34. The highest BCUT2D eigenvalue weighted by Crippen LogP contribution is 2.23. The van der Waals surface area contributed by atoms with Crippen molar-refractivity contribution in [1.29, 1.82) is 0 Å². The number of carbonyl (C=O) groups excluding carboxylic acids is 2. The SMILES string of the molecule is O=C(C=Cc1ccc(N2CCCC2=O)cc1)OC1CCN(c2ccc(Cl)cn2)CC1.